The van der Waals surface area contributed by atoms with Crippen molar-refractivity contribution in [3.8, 4) is 39.1 Å². The average Bonchev–Trinajstić information content (AvgIpc) is 3.57. The normalized spacial score (nSPS) is 15.8. The summed E-state index contributed by atoms with van der Waals surface area (Å²) in [5.41, 5.74) is 15.6. The molecule has 0 unspecified atom stereocenters. The molecule has 214 valence electrons. The molecule has 0 saturated heterocycles. The van der Waals surface area contributed by atoms with Crippen LogP contribution in [0, 0.1) is 0 Å². The van der Waals surface area contributed by atoms with Crippen molar-refractivity contribution in [3.63, 3.8) is 0 Å². The molecule has 0 atom stereocenters. The standard InChI is InChI=1S/C45H28O/c1-2-11-28-25-41-36(23-27(28)10-1)34-21-20-29(26-40(34)45(41)38-16-6-3-13-32(38)33-14-4-7-17-39(33)45)31-22-30-12-9-19-43-44(30)37(24-31)35-15-5-8-18-42(35)46-43/h1-4,6-14,16-26H,5,15H2. The van der Waals surface area contributed by atoms with Gasteiger partial charge in [0.05, 0.1) is 5.41 Å². The SMILES string of the molecule is C1=CC2=C(CC1)c1cc(-c3ccc4c(c3)C3(c5ccccc5-c5ccccc53)c3cc5ccccc5cc3-4)cc3cccc(c13)O2. The Hall–Kier alpha value is -5.66. The molecule has 0 bridgehead atoms. The molecule has 1 heteroatoms. The van der Waals surface area contributed by atoms with Crippen LogP contribution in [0.2, 0.25) is 0 Å². The summed E-state index contributed by atoms with van der Waals surface area (Å²) in [7, 11) is 0. The Morgan fingerprint density at radius 2 is 1.17 bits per heavy atom. The van der Waals surface area contributed by atoms with Crippen LogP contribution in [0.3, 0.4) is 0 Å². The van der Waals surface area contributed by atoms with Gasteiger partial charge in [0, 0.05) is 11.0 Å². The van der Waals surface area contributed by atoms with Gasteiger partial charge in [0.15, 0.2) is 0 Å². The lowest BCUT2D eigenvalue weighted by Gasteiger charge is -2.31. The quantitative estimate of drug-likeness (QED) is 0.186. The zero-order valence-corrected chi connectivity index (χ0v) is 25.2. The van der Waals surface area contributed by atoms with Crippen LogP contribution in [0.4, 0.5) is 0 Å². The molecule has 46 heavy (non-hydrogen) atoms. The van der Waals surface area contributed by atoms with Crippen molar-refractivity contribution < 1.29 is 4.74 Å². The maximum Gasteiger partial charge on any atom is 0.135 e. The topological polar surface area (TPSA) is 9.23 Å². The van der Waals surface area contributed by atoms with E-state index in [4.69, 9.17) is 4.74 Å². The van der Waals surface area contributed by atoms with Crippen molar-refractivity contribution in [2.45, 2.75) is 18.3 Å². The molecule has 0 radical (unpaired) electrons. The van der Waals surface area contributed by atoms with Gasteiger partial charge in [0.1, 0.15) is 11.5 Å². The predicted octanol–water partition coefficient (Wildman–Crippen LogP) is 11.5. The van der Waals surface area contributed by atoms with E-state index in [0.29, 0.717) is 0 Å². The smallest absolute Gasteiger partial charge is 0.135 e. The minimum absolute atomic E-state index is 0.381. The van der Waals surface area contributed by atoms with E-state index in [1.54, 1.807) is 0 Å². The van der Waals surface area contributed by atoms with Crippen LogP contribution in [0.15, 0.2) is 151 Å². The molecule has 7 aromatic carbocycles. The number of hydrogen-bond acceptors (Lipinski definition) is 1. The van der Waals surface area contributed by atoms with Crippen LogP contribution >= 0.6 is 0 Å². The molecular formula is C45H28O. The Labute approximate surface area is 267 Å². The lowest BCUT2D eigenvalue weighted by atomic mass is 9.70. The van der Waals surface area contributed by atoms with Crippen molar-refractivity contribution in [2.75, 3.05) is 0 Å². The molecule has 0 saturated carbocycles. The molecule has 1 spiro atoms. The van der Waals surface area contributed by atoms with Crippen molar-refractivity contribution in [3.05, 3.63) is 179 Å². The molecule has 7 aromatic rings. The first-order valence-corrected chi connectivity index (χ1v) is 16.3. The second-order valence-electron chi connectivity index (χ2n) is 13.1. The number of benzene rings is 7. The molecular weight excluding hydrogens is 556 g/mol. The summed E-state index contributed by atoms with van der Waals surface area (Å²) in [5, 5.41) is 5.03. The van der Waals surface area contributed by atoms with E-state index in [0.717, 1.165) is 24.4 Å². The third-order valence-corrected chi connectivity index (χ3v) is 10.9. The van der Waals surface area contributed by atoms with Crippen LogP contribution in [0.25, 0.3) is 60.5 Å². The van der Waals surface area contributed by atoms with Gasteiger partial charge in [-0.2, -0.15) is 0 Å². The minimum atomic E-state index is -0.381. The highest BCUT2D eigenvalue weighted by atomic mass is 16.5. The fraction of sp³-hybridized carbons (Fsp3) is 0.0667. The van der Waals surface area contributed by atoms with Gasteiger partial charge in [-0.05, 0) is 133 Å². The Morgan fingerprint density at radius 1 is 0.478 bits per heavy atom. The zero-order valence-electron chi connectivity index (χ0n) is 25.2. The molecule has 3 aliphatic carbocycles. The lowest BCUT2D eigenvalue weighted by Crippen LogP contribution is -2.25. The summed E-state index contributed by atoms with van der Waals surface area (Å²) in [6.45, 7) is 0. The summed E-state index contributed by atoms with van der Waals surface area (Å²) in [4.78, 5) is 0. The molecule has 0 N–H and O–H groups in total. The van der Waals surface area contributed by atoms with E-state index in [2.05, 4.69) is 146 Å². The third-order valence-electron chi connectivity index (χ3n) is 10.9. The summed E-state index contributed by atoms with van der Waals surface area (Å²) in [5.74, 6) is 1.96. The Kier molecular flexibility index (Phi) is 4.68. The molecule has 4 aliphatic rings. The first-order valence-electron chi connectivity index (χ1n) is 16.3. The molecule has 11 rings (SSSR count). The number of hydrogen-bond donors (Lipinski definition) is 0. The number of fused-ring (bicyclic) bond motifs is 12. The van der Waals surface area contributed by atoms with Crippen molar-refractivity contribution >= 4 is 27.1 Å². The van der Waals surface area contributed by atoms with Crippen molar-refractivity contribution in [1.82, 2.24) is 0 Å². The van der Waals surface area contributed by atoms with E-state index in [1.807, 2.05) is 0 Å². The predicted molar refractivity (Wildman–Crippen MR) is 189 cm³/mol. The highest BCUT2D eigenvalue weighted by Crippen LogP contribution is 2.63. The fourth-order valence-electron chi connectivity index (χ4n) is 9.01. The highest BCUT2D eigenvalue weighted by Gasteiger charge is 2.51. The van der Waals surface area contributed by atoms with Gasteiger partial charge in [-0.1, -0.05) is 103 Å². The van der Waals surface area contributed by atoms with Gasteiger partial charge in [-0.15, -0.1) is 0 Å². The van der Waals surface area contributed by atoms with Crippen LogP contribution < -0.4 is 4.74 Å². The summed E-state index contributed by atoms with van der Waals surface area (Å²) >= 11 is 0. The van der Waals surface area contributed by atoms with Crippen LogP contribution in [-0.2, 0) is 5.41 Å². The lowest BCUT2D eigenvalue weighted by molar-refractivity contribution is 0.444. The van der Waals surface area contributed by atoms with E-state index >= 15 is 0 Å². The second-order valence-corrected chi connectivity index (χ2v) is 13.1. The molecule has 1 nitrogen and oxygen atoms in total. The molecule has 0 amide bonds. The molecule has 0 fully saturated rings. The Morgan fingerprint density at radius 3 is 2.00 bits per heavy atom. The minimum Gasteiger partial charge on any atom is -0.456 e. The van der Waals surface area contributed by atoms with Crippen LogP contribution in [0.1, 0.15) is 40.7 Å². The first kappa shape index (κ1) is 24.6. The summed E-state index contributed by atoms with van der Waals surface area (Å²) in [6, 6.07) is 50.3. The van der Waals surface area contributed by atoms with E-state index in [-0.39, 0.29) is 5.41 Å². The Balaban J connectivity index is 1.23. The van der Waals surface area contributed by atoms with Gasteiger partial charge in [0.2, 0.25) is 0 Å². The van der Waals surface area contributed by atoms with E-state index in [9.17, 15) is 0 Å². The highest BCUT2D eigenvalue weighted by molar-refractivity contribution is 6.04. The average molecular weight is 585 g/mol. The summed E-state index contributed by atoms with van der Waals surface area (Å²) in [6.07, 6.45) is 6.43. The van der Waals surface area contributed by atoms with Crippen LogP contribution in [-0.4, -0.2) is 0 Å². The summed E-state index contributed by atoms with van der Waals surface area (Å²) < 4.78 is 6.41. The molecule has 0 aromatic heterocycles. The third kappa shape index (κ3) is 3.01. The Bertz CT molecular complexity index is 2510. The van der Waals surface area contributed by atoms with Gasteiger partial charge < -0.3 is 4.74 Å². The maximum absolute atomic E-state index is 6.41. The second kappa shape index (κ2) is 8.74. The fourth-order valence-corrected chi connectivity index (χ4v) is 9.01. The van der Waals surface area contributed by atoms with Crippen LogP contribution in [0.5, 0.6) is 5.75 Å². The first-order chi connectivity index (χ1) is 22.8. The zero-order chi connectivity index (χ0) is 30.0. The van der Waals surface area contributed by atoms with Gasteiger partial charge >= 0.3 is 0 Å². The maximum atomic E-state index is 6.41. The van der Waals surface area contributed by atoms with Gasteiger partial charge in [-0.3, -0.25) is 0 Å². The van der Waals surface area contributed by atoms with Crippen molar-refractivity contribution in [2.24, 2.45) is 0 Å². The van der Waals surface area contributed by atoms with Crippen molar-refractivity contribution in [1.29, 1.82) is 0 Å². The van der Waals surface area contributed by atoms with Gasteiger partial charge in [0.25, 0.3) is 0 Å². The monoisotopic (exact) mass is 584 g/mol. The molecule has 1 aliphatic heterocycles. The van der Waals surface area contributed by atoms with Gasteiger partial charge in [-0.25, -0.2) is 0 Å². The number of ether oxygens (including phenoxy) is 1. The molecule has 1 heterocycles. The van der Waals surface area contributed by atoms with E-state index < -0.39 is 0 Å². The number of allylic oxidation sites excluding steroid dienone is 3. The number of rotatable bonds is 1. The van der Waals surface area contributed by atoms with E-state index in [1.165, 1.54) is 88.3 Å². The largest absolute Gasteiger partial charge is 0.456 e.